The first-order valence-corrected chi connectivity index (χ1v) is 17.5. The Morgan fingerprint density at radius 2 is 0.863 bits per heavy atom. The lowest BCUT2D eigenvalue weighted by Crippen LogP contribution is -1.96. The van der Waals surface area contributed by atoms with Crippen LogP contribution >= 0.6 is 0 Å². The van der Waals surface area contributed by atoms with Crippen LogP contribution < -0.4 is 0 Å². The normalized spacial score (nSPS) is 12.3. The molecule has 0 aliphatic heterocycles. The Kier molecular flexibility index (Phi) is 5.23. The van der Waals surface area contributed by atoms with Gasteiger partial charge in [-0.25, -0.2) is 0 Å². The number of nitrogens with zero attached hydrogens (tertiary/aromatic N) is 2. The zero-order chi connectivity index (χ0) is 33.2. The van der Waals surface area contributed by atoms with Gasteiger partial charge in [-0.3, -0.25) is 0 Å². The summed E-state index contributed by atoms with van der Waals surface area (Å²) < 4.78 is 11.5. The molecule has 3 heterocycles. The van der Waals surface area contributed by atoms with E-state index in [1.54, 1.807) is 0 Å². The van der Waals surface area contributed by atoms with Crippen LogP contribution in [0.25, 0.3) is 109 Å². The first kappa shape index (κ1) is 27.0. The molecule has 3 aromatic heterocycles. The summed E-state index contributed by atoms with van der Waals surface area (Å²) in [5, 5.41) is 14.7. The Bertz CT molecular complexity index is 3380. The third-order valence-corrected chi connectivity index (χ3v) is 11.1. The summed E-state index contributed by atoms with van der Waals surface area (Å²) in [5.74, 6) is 0. The minimum absolute atomic E-state index is 0.912. The van der Waals surface area contributed by atoms with E-state index in [9.17, 15) is 0 Å². The number of furan rings is 1. The minimum Gasteiger partial charge on any atom is -0.455 e. The van der Waals surface area contributed by atoms with Crippen LogP contribution in [0.1, 0.15) is 0 Å². The third-order valence-electron chi connectivity index (χ3n) is 11.1. The largest absolute Gasteiger partial charge is 0.455 e. The van der Waals surface area contributed by atoms with Crippen LogP contribution in [0.3, 0.4) is 0 Å². The van der Waals surface area contributed by atoms with Crippen molar-refractivity contribution in [1.82, 2.24) is 9.13 Å². The van der Waals surface area contributed by atoms with Gasteiger partial charge in [0, 0.05) is 38.3 Å². The quantitative estimate of drug-likeness (QED) is 0.171. The molecule has 0 spiro atoms. The molecule has 0 aliphatic carbocycles. The molecule has 236 valence electrons. The molecule has 0 radical (unpaired) electrons. The predicted octanol–water partition coefficient (Wildman–Crippen LogP) is 13.2. The van der Waals surface area contributed by atoms with Gasteiger partial charge in [0.25, 0.3) is 0 Å². The maximum absolute atomic E-state index is 6.69. The molecule has 3 nitrogen and oxygen atoms in total. The number of para-hydroxylation sites is 3. The molecule has 0 atom stereocenters. The van der Waals surface area contributed by atoms with E-state index in [1.807, 2.05) is 6.07 Å². The molecule has 51 heavy (non-hydrogen) atoms. The maximum Gasteiger partial charge on any atom is 0.145 e. The Hall–Kier alpha value is -6.84. The van der Waals surface area contributed by atoms with Crippen molar-refractivity contribution in [2.24, 2.45) is 0 Å². The molecule has 0 unspecified atom stereocenters. The molecule has 0 saturated carbocycles. The number of hydrogen-bond acceptors (Lipinski definition) is 1. The van der Waals surface area contributed by atoms with E-state index >= 15 is 0 Å². The fourth-order valence-corrected chi connectivity index (χ4v) is 8.91. The van der Waals surface area contributed by atoms with Crippen LogP contribution in [-0.4, -0.2) is 9.13 Å². The lowest BCUT2D eigenvalue weighted by Gasteiger charge is -2.14. The molecule has 12 aromatic rings. The van der Waals surface area contributed by atoms with Crippen molar-refractivity contribution < 1.29 is 4.42 Å². The van der Waals surface area contributed by atoms with Crippen molar-refractivity contribution in [3.05, 3.63) is 170 Å². The van der Waals surface area contributed by atoms with Crippen molar-refractivity contribution in [3.8, 4) is 11.4 Å². The molecule has 0 bridgehead atoms. The number of hydrogen-bond donors (Lipinski definition) is 0. The SMILES string of the molecule is c1ccc(-n2c3cc4c(cc3c3c5oc6ccccc6c5ccc32)c2ccccc2n4-c2ccc3c4ccccc4c4ccccc4c3c2)cc1. The Morgan fingerprint density at radius 3 is 1.63 bits per heavy atom. The van der Waals surface area contributed by atoms with Crippen LogP contribution in [0.5, 0.6) is 0 Å². The molecule has 3 heteroatoms. The molecule has 0 fully saturated rings. The van der Waals surface area contributed by atoms with Gasteiger partial charge in [-0.15, -0.1) is 0 Å². The van der Waals surface area contributed by atoms with Gasteiger partial charge in [-0.2, -0.15) is 0 Å². The van der Waals surface area contributed by atoms with E-state index in [4.69, 9.17) is 4.42 Å². The second-order valence-electron chi connectivity index (χ2n) is 13.7. The van der Waals surface area contributed by atoms with Crippen molar-refractivity contribution in [3.63, 3.8) is 0 Å². The van der Waals surface area contributed by atoms with Gasteiger partial charge in [0.05, 0.1) is 27.5 Å². The van der Waals surface area contributed by atoms with Crippen molar-refractivity contribution in [2.75, 3.05) is 0 Å². The van der Waals surface area contributed by atoms with Gasteiger partial charge in [0.15, 0.2) is 0 Å². The lowest BCUT2D eigenvalue weighted by atomic mass is 9.94. The van der Waals surface area contributed by atoms with Crippen molar-refractivity contribution in [2.45, 2.75) is 0 Å². The number of rotatable bonds is 2. The number of benzene rings is 9. The summed E-state index contributed by atoms with van der Waals surface area (Å²) in [6.45, 7) is 0. The highest BCUT2D eigenvalue weighted by molar-refractivity contribution is 6.28. The average Bonchev–Trinajstić information content (AvgIpc) is 3.84. The second kappa shape index (κ2) is 9.87. The van der Waals surface area contributed by atoms with E-state index in [-0.39, 0.29) is 0 Å². The highest BCUT2D eigenvalue weighted by Gasteiger charge is 2.22. The van der Waals surface area contributed by atoms with Gasteiger partial charge in [-0.1, -0.05) is 109 Å². The van der Waals surface area contributed by atoms with Crippen molar-refractivity contribution in [1.29, 1.82) is 0 Å². The Balaban J connectivity index is 1.24. The van der Waals surface area contributed by atoms with Crippen LogP contribution in [-0.2, 0) is 0 Å². The summed E-state index contributed by atoms with van der Waals surface area (Å²) in [4.78, 5) is 0. The summed E-state index contributed by atoms with van der Waals surface area (Å²) in [7, 11) is 0. The number of aromatic nitrogens is 2. The van der Waals surface area contributed by atoms with Gasteiger partial charge >= 0.3 is 0 Å². The fraction of sp³-hybridized carbons (Fsp3) is 0. The summed E-state index contributed by atoms with van der Waals surface area (Å²) >= 11 is 0. The lowest BCUT2D eigenvalue weighted by molar-refractivity contribution is 0.673. The fourth-order valence-electron chi connectivity index (χ4n) is 8.91. The van der Waals surface area contributed by atoms with Crippen LogP contribution in [0, 0.1) is 0 Å². The Morgan fingerprint density at radius 1 is 0.294 bits per heavy atom. The number of fused-ring (bicyclic) bond motifs is 16. The van der Waals surface area contributed by atoms with E-state index in [1.165, 1.54) is 59.5 Å². The van der Waals surface area contributed by atoms with E-state index in [0.717, 1.165) is 49.7 Å². The first-order valence-electron chi connectivity index (χ1n) is 17.5. The van der Waals surface area contributed by atoms with E-state index in [0.29, 0.717) is 0 Å². The van der Waals surface area contributed by atoms with Crippen LogP contribution in [0.2, 0.25) is 0 Å². The zero-order valence-electron chi connectivity index (χ0n) is 27.5. The predicted molar refractivity (Wildman–Crippen MR) is 215 cm³/mol. The minimum atomic E-state index is 0.912. The van der Waals surface area contributed by atoms with Crippen molar-refractivity contribution >= 4 is 97.9 Å². The molecular formula is C48H28N2O. The third kappa shape index (κ3) is 3.57. The molecule has 0 saturated heterocycles. The topological polar surface area (TPSA) is 23.0 Å². The van der Waals surface area contributed by atoms with E-state index in [2.05, 4.69) is 173 Å². The Labute approximate surface area is 291 Å². The summed E-state index contributed by atoms with van der Waals surface area (Å²) in [6.07, 6.45) is 0. The van der Waals surface area contributed by atoms with Crippen LogP contribution in [0.4, 0.5) is 0 Å². The van der Waals surface area contributed by atoms with Crippen LogP contribution in [0.15, 0.2) is 174 Å². The molecular weight excluding hydrogens is 621 g/mol. The average molecular weight is 649 g/mol. The second-order valence-corrected chi connectivity index (χ2v) is 13.7. The molecule has 0 N–H and O–H groups in total. The molecule has 12 rings (SSSR count). The molecule has 0 amide bonds. The maximum atomic E-state index is 6.69. The summed E-state index contributed by atoms with van der Waals surface area (Å²) in [6, 6.07) is 61.8. The summed E-state index contributed by atoms with van der Waals surface area (Å²) in [5.41, 5.74) is 8.77. The zero-order valence-corrected chi connectivity index (χ0v) is 27.5. The first-order chi connectivity index (χ1) is 25.3. The van der Waals surface area contributed by atoms with Gasteiger partial charge in [-0.05, 0) is 93.0 Å². The molecule has 0 aliphatic rings. The standard InChI is InChI=1S/C48H28N2O/c1-2-12-29(13-3-1)49-43-25-24-38-37-19-9-11-21-46(37)51-48(38)47(43)41-27-40-36-18-8-10-20-42(36)50(44(40)28-45(41)49)30-22-23-35-33-16-5-4-14-31(33)32-15-6-7-17-34(32)39(35)26-30/h1-28H. The smallest absolute Gasteiger partial charge is 0.145 e. The van der Waals surface area contributed by atoms with E-state index < -0.39 is 0 Å². The monoisotopic (exact) mass is 648 g/mol. The van der Waals surface area contributed by atoms with Gasteiger partial charge in [0.1, 0.15) is 11.2 Å². The molecule has 9 aromatic carbocycles. The highest BCUT2D eigenvalue weighted by Crippen LogP contribution is 2.44. The van der Waals surface area contributed by atoms with Gasteiger partial charge in [0.2, 0.25) is 0 Å². The van der Waals surface area contributed by atoms with Gasteiger partial charge < -0.3 is 13.6 Å². The highest BCUT2D eigenvalue weighted by atomic mass is 16.3.